The number of furan rings is 1. The van der Waals surface area contributed by atoms with Crippen molar-refractivity contribution in [2.45, 2.75) is 44.8 Å². The molecule has 0 radical (unpaired) electrons. The summed E-state index contributed by atoms with van der Waals surface area (Å²) >= 11 is 0. The summed E-state index contributed by atoms with van der Waals surface area (Å²) in [7, 11) is 0. The predicted molar refractivity (Wildman–Crippen MR) is 92.2 cm³/mol. The van der Waals surface area contributed by atoms with E-state index in [0.717, 1.165) is 12.0 Å². The second-order valence-electron chi connectivity index (χ2n) is 8.12. The van der Waals surface area contributed by atoms with Crippen LogP contribution in [0.15, 0.2) is 34.7 Å². The molecule has 0 spiro atoms. The van der Waals surface area contributed by atoms with Gasteiger partial charge in [-0.1, -0.05) is 13.0 Å². The molecular formula is C20H26O6. The molecule has 1 aromatic heterocycles. The molecule has 1 saturated heterocycles. The van der Waals surface area contributed by atoms with Crippen molar-refractivity contribution < 1.29 is 29.3 Å². The lowest BCUT2D eigenvalue weighted by Gasteiger charge is -2.58. The van der Waals surface area contributed by atoms with Crippen molar-refractivity contribution in [2.24, 2.45) is 22.7 Å². The van der Waals surface area contributed by atoms with E-state index in [1.807, 2.05) is 6.92 Å². The molecule has 26 heavy (non-hydrogen) atoms. The van der Waals surface area contributed by atoms with Crippen LogP contribution in [0.3, 0.4) is 0 Å². The molecule has 4 rings (SSSR count). The number of aliphatic carboxylic acids is 1. The molecule has 2 heterocycles. The van der Waals surface area contributed by atoms with Gasteiger partial charge < -0.3 is 24.5 Å². The van der Waals surface area contributed by atoms with Gasteiger partial charge in [0.15, 0.2) is 0 Å². The van der Waals surface area contributed by atoms with Gasteiger partial charge in [0.25, 0.3) is 0 Å². The third-order valence-corrected chi connectivity index (χ3v) is 7.27. The Labute approximate surface area is 152 Å². The van der Waals surface area contributed by atoms with E-state index >= 15 is 0 Å². The molecule has 142 valence electrons. The van der Waals surface area contributed by atoms with Gasteiger partial charge in [-0.15, -0.1) is 0 Å². The molecule has 6 atom stereocenters. The summed E-state index contributed by atoms with van der Waals surface area (Å²) in [5, 5.41) is 31.5. The number of hydrogen-bond donors (Lipinski definition) is 3. The molecule has 0 aromatic carbocycles. The number of carbonyl (C=O) groups is 1. The SMILES string of the molecule is C[C@@H]1CC2OCC3=CCC[C@H]([C@]1(CC(O)c1ccoc1)C(=O)O)[C@]32CO. The van der Waals surface area contributed by atoms with Crippen LogP contribution in [0.5, 0.6) is 0 Å². The van der Waals surface area contributed by atoms with Gasteiger partial charge >= 0.3 is 5.97 Å². The maximum absolute atomic E-state index is 12.7. The molecule has 1 aromatic rings. The van der Waals surface area contributed by atoms with Crippen molar-refractivity contribution in [1.29, 1.82) is 0 Å². The van der Waals surface area contributed by atoms with E-state index in [9.17, 15) is 20.1 Å². The van der Waals surface area contributed by atoms with E-state index in [1.165, 1.54) is 12.5 Å². The Hall–Kier alpha value is -1.63. The van der Waals surface area contributed by atoms with Gasteiger partial charge in [0.05, 0.1) is 43.4 Å². The normalized spacial score (nSPS) is 40.0. The van der Waals surface area contributed by atoms with Crippen LogP contribution in [-0.4, -0.2) is 40.6 Å². The summed E-state index contributed by atoms with van der Waals surface area (Å²) in [6.45, 7) is 2.29. The monoisotopic (exact) mass is 362 g/mol. The van der Waals surface area contributed by atoms with Gasteiger partial charge in [-0.25, -0.2) is 0 Å². The highest BCUT2D eigenvalue weighted by atomic mass is 16.5. The zero-order valence-corrected chi connectivity index (χ0v) is 14.9. The lowest BCUT2D eigenvalue weighted by atomic mass is 9.45. The van der Waals surface area contributed by atoms with Crippen LogP contribution in [0.1, 0.15) is 44.3 Å². The Morgan fingerprint density at radius 3 is 2.92 bits per heavy atom. The van der Waals surface area contributed by atoms with E-state index in [-0.39, 0.29) is 31.0 Å². The fourth-order valence-electron chi connectivity index (χ4n) is 5.94. The van der Waals surface area contributed by atoms with Crippen LogP contribution in [-0.2, 0) is 9.53 Å². The minimum Gasteiger partial charge on any atom is -0.481 e. The van der Waals surface area contributed by atoms with E-state index < -0.39 is 22.9 Å². The first-order valence-electron chi connectivity index (χ1n) is 9.32. The highest BCUT2D eigenvalue weighted by Gasteiger charge is 2.67. The Kier molecular flexibility index (Phi) is 4.25. The van der Waals surface area contributed by atoms with Crippen molar-refractivity contribution in [3.63, 3.8) is 0 Å². The van der Waals surface area contributed by atoms with E-state index in [0.29, 0.717) is 25.0 Å². The predicted octanol–water partition coefficient (Wildman–Crippen LogP) is 2.53. The Morgan fingerprint density at radius 1 is 1.46 bits per heavy atom. The first kappa shape index (κ1) is 17.8. The maximum Gasteiger partial charge on any atom is 0.310 e. The summed E-state index contributed by atoms with van der Waals surface area (Å²) in [5.41, 5.74) is -0.133. The number of rotatable bonds is 5. The van der Waals surface area contributed by atoms with Gasteiger partial charge in [0, 0.05) is 11.0 Å². The van der Waals surface area contributed by atoms with Crippen LogP contribution in [0.4, 0.5) is 0 Å². The number of carboxylic acid groups (broad SMARTS) is 1. The first-order valence-corrected chi connectivity index (χ1v) is 9.32. The van der Waals surface area contributed by atoms with Crippen LogP contribution in [0, 0.1) is 22.7 Å². The molecule has 0 amide bonds. The van der Waals surface area contributed by atoms with Crippen LogP contribution in [0.2, 0.25) is 0 Å². The van der Waals surface area contributed by atoms with Crippen molar-refractivity contribution in [3.05, 3.63) is 35.8 Å². The Balaban J connectivity index is 1.80. The number of ether oxygens (including phenoxy) is 1. The highest BCUT2D eigenvalue weighted by Crippen LogP contribution is 2.65. The fourth-order valence-corrected chi connectivity index (χ4v) is 5.94. The topological polar surface area (TPSA) is 100 Å². The smallest absolute Gasteiger partial charge is 0.310 e. The highest BCUT2D eigenvalue weighted by molar-refractivity contribution is 5.76. The minimum absolute atomic E-state index is 0.107. The van der Waals surface area contributed by atoms with Crippen LogP contribution in [0.25, 0.3) is 0 Å². The molecule has 0 bridgehead atoms. The van der Waals surface area contributed by atoms with E-state index in [2.05, 4.69) is 6.08 Å². The maximum atomic E-state index is 12.7. The molecule has 1 aliphatic heterocycles. The molecule has 6 heteroatoms. The average Bonchev–Trinajstić information content (AvgIpc) is 3.27. The fraction of sp³-hybridized carbons (Fsp3) is 0.650. The summed E-state index contributed by atoms with van der Waals surface area (Å²) in [4.78, 5) is 12.7. The zero-order valence-electron chi connectivity index (χ0n) is 14.9. The lowest BCUT2D eigenvalue weighted by molar-refractivity contribution is -0.188. The standard InChI is InChI=1S/C20H26O6/c1-12-7-17-20(11-21)14(10-26-17)3-2-4-16(20)19(12,18(23)24)8-15(22)13-5-6-25-9-13/h3,5-6,9,12,15-17,21-22H,2,4,7-8,10-11H2,1H3,(H,23,24)/t12-,15?,16-,17?,19-,20+/m1/s1. The number of allylic oxidation sites excluding steroid dienone is 1. The quantitative estimate of drug-likeness (QED) is 0.696. The molecule has 2 unspecified atom stereocenters. The first-order chi connectivity index (χ1) is 12.5. The molecule has 6 nitrogen and oxygen atoms in total. The summed E-state index contributed by atoms with van der Waals surface area (Å²) < 4.78 is 11.0. The van der Waals surface area contributed by atoms with Crippen LogP contribution < -0.4 is 0 Å². The zero-order chi connectivity index (χ0) is 18.5. The van der Waals surface area contributed by atoms with E-state index in [1.54, 1.807) is 6.07 Å². The Bertz CT molecular complexity index is 710. The Morgan fingerprint density at radius 2 is 2.27 bits per heavy atom. The second-order valence-corrected chi connectivity index (χ2v) is 8.12. The molecule has 2 fully saturated rings. The largest absolute Gasteiger partial charge is 0.481 e. The van der Waals surface area contributed by atoms with Gasteiger partial charge in [-0.2, -0.15) is 0 Å². The molecular weight excluding hydrogens is 336 g/mol. The van der Waals surface area contributed by atoms with Gasteiger partial charge in [0.2, 0.25) is 0 Å². The molecule has 2 aliphatic carbocycles. The van der Waals surface area contributed by atoms with Crippen molar-refractivity contribution in [1.82, 2.24) is 0 Å². The van der Waals surface area contributed by atoms with Crippen molar-refractivity contribution in [2.75, 3.05) is 13.2 Å². The third-order valence-electron chi connectivity index (χ3n) is 7.27. The third kappa shape index (κ3) is 2.19. The number of aliphatic hydroxyl groups excluding tert-OH is 2. The average molecular weight is 362 g/mol. The summed E-state index contributed by atoms with van der Waals surface area (Å²) in [6.07, 6.45) is 6.11. The number of aliphatic hydroxyl groups is 2. The van der Waals surface area contributed by atoms with Gasteiger partial charge in [0.1, 0.15) is 0 Å². The number of hydrogen-bond acceptors (Lipinski definition) is 5. The number of carboxylic acids is 1. The lowest BCUT2D eigenvalue weighted by Crippen LogP contribution is -2.61. The summed E-state index contributed by atoms with van der Waals surface area (Å²) in [5.74, 6) is -1.33. The van der Waals surface area contributed by atoms with Crippen molar-refractivity contribution in [3.8, 4) is 0 Å². The van der Waals surface area contributed by atoms with Gasteiger partial charge in [-0.3, -0.25) is 4.79 Å². The minimum atomic E-state index is -1.12. The molecule has 3 aliphatic rings. The molecule has 3 N–H and O–H groups in total. The second kappa shape index (κ2) is 6.22. The van der Waals surface area contributed by atoms with Gasteiger partial charge in [-0.05, 0) is 49.2 Å². The van der Waals surface area contributed by atoms with Crippen LogP contribution >= 0.6 is 0 Å². The van der Waals surface area contributed by atoms with E-state index in [4.69, 9.17) is 9.15 Å². The summed E-state index contributed by atoms with van der Waals surface area (Å²) in [6, 6.07) is 1.67. The molecule has 1 saturated carbocycles. The van der Waals surface area contributed by atoms with Crippen molar-refractivity contribution >= 4 is 5.97 Å².